The van der Waals surface area contributed by atoms with Gasteiger partial charge >= 0.3 is 5.97 Å². The Morgan fingerprint density at radius 2 is 1.58 bits per heavy atom. The van der Waals surface area contributed by atoms with Crippen molar-refractivity contribution >= 4 is 17.8 Å². The number of phenols is 3. The number of carbonyl (C=O) groups excluding carboxylic acids is 1. The quantitative estimate of drug-likeness (QED) is 0.178. The average molecular weight is 496 g/mol. The van der Waals surface area contributed by atoms with Gasteiger partial charge < -0.3 is 35.6 Å². The second kappa shape index (κ2) is 12.3. The molecule has 0 spiro atoms. The fourth-order valence-electron chi connectivity index (χ4n) is 3.10. The molecule has 9 nitrogen and oxygen atoms in total. The van der Waals surface area contributed by atoms with Crippen LogP contribution in [0.25, 0.3) is 6.08 Å². The third-order valence-electron chi connectivity index (χ3n) is 5.08. The molecule has 0 bridgehead atoms. The molecular weight excluding hydrogens is 466 g/mol. The van der Waals surface area contributed by atoms with Gasteiger partial charge in [-0.2, -0.15) is 0 Å². The van der Waals surface area contributed by atoms with Crippen molar-refractivity contribution in [1.82, 2.24) is 0 Å². The molecule has 6 N–H and O–H groups in total. The minimum Gasteiger partial charge on any atom is -0.507 e. The van der Waals surface area contributed by atoms with Gasteiger partial charge in [-0.15, -0.1) is 0 Å². The number of rotatable bonds is 8. The summed E-state index contributed by atoms with van der Waals surface area (Å²) in [4.78, 5) is 23.0. The topological polar surface area (TPSA) is 160 Å². The van der Waals surface area contributed by atoms with E-state index in [0.29, 0.717) is 11.3 Å². The summed E-state index contributed by atoms with van der Waals surface area (Å²) in [5.74, 6) is -1.45. The molecule has 1 unspecified atom stereocenters. The fourth-order valence-corrected chi connectivity index (χ4v) is 3.10. The fraction of sp³-hybridized carbons (Fsp3) is 0.185. The normalized spacial score (nSPS) is 12.2. The lowest BCUT2D eigenvalue weighted by molar-refractivity contribution is -0.142. The van der Waals surface area contributed by atoms with E-state index >= 15 is 0 Å². The van der Waals surface area contributed by atoms with Crippen LogP contribution in [0.2, 0.25) is 0 Å². The first-order valence-electron chi connectivity index (χ1n) is 10.7. The number of aliphatic carboxylic acids is 1. The van der Waals surface area contributed by atoms with Gasteiger partial charge in [-0.05, 0) is 36.3 Å². The van der Waals surface area contributed by atoms with Crippen molar-refractivity contribution in [2.45, 2.75) is 18.9 Å². The highest BCUT2D eigenvalue weighted by Crippen LogP contribution is 2.34. The molecular formula is C27H29NO8. The first-order valence-corrected chi connectivity index (χ1v) is 10.7. The van der Waals surface area contributed by atoms with E-state index in [0.717, 1.165) is 5.56 Å². The van der Waals surface area contributed by atoms with Crippen LogP contribution in [-0.4, -0.2) is 51.9 Å². The van der Waals surface area contributed by atoms with Gasteiger partial charge in [0.15, 0.2) is 17.3 Å². The number of ketones is 1. The van der Waals surface area contributed by atoms with Gasteiger partial charge in [0.25, 0.3) is 0 Å². The summed E-state index contributed by atoms with van der Waals surface area (Å²) >= 11 is 0. The molecule has 3 rings (SSSR count). The van der Waals surface area contributed by atoms with E-state index in [2.05, 4.69) is 0 Å². The zero-order valence-corrected chi connectivity index (χ0v) is 20.1. The molecule has 3 aromatic carbocycles. The van der Waals surface area contributed by atoms with E-state index in [9.17, 15) is 19.8 Å². The van der Waals surface area contributed by atoms with E-state index in [1.807, 2.05) is 30.3 Å². The number of allylic oxidation sites excluding steroid dienone is 1. The van der Waals surface area contributed by atoms with Crippen LogP contribution in [0.3, 0.4) is 0 Å². The smallest absolute Gasteiger partial charge is 0.323 e. The molecule has 0 heterocycles. The number of hydrogen-bond donors (Lipinski definition) is 5. The van der Waals surface area contributed by atoms with E-state index in [1.165, 1.54) is 51.5 Å². The van der Waals surface area contributed by atoms with E-state index < -0.39 is 11.5 Å². The lowest BCUT2D eigenvalue weighted by Gasteiger charge is -2.19. The van der Waals surface area contributed by atoms with Crippen molar-refractivity contribution in [3.05, 3.63) is 83.4 Å². The average Bonchev–Trinajstić information content (AvgIpc) is 2.85. The maximum absolute atomic E-state index is 12.3. The molecule has 0 radical (unpaired) electrons. The summed E-state index contributed by atoms with van der Waals surface area (Å²) in [6.07, 6.45) is 3.17. The Labute approximate surface area is 208 Å². The first-order chi connectivity index (χ1) is 17.0. The molecule has 9 heteroatoms. The second-order valence-electron chi connectivity index (χ2n) is 8.05. The van der Waals surface area contributed by atoms with Gasteiger partial charge in [0.1, 0.15) is 28.4 Å². The number of aromatic hydroxyl groups is 3. The van der Waals surface area contributed by atoms with E-state index in [-0.39, 0.29) is 40.8 Å². The summed E-state index contributed by atoms with van der Waals surface area (Å²) in [5, 5.41) is 37.0. The molecule has 0 saturated carbocycles. The minimum absolute atomic E-state index is 0.0795. The van der Waals surface area contributed by atoms with Gasteiger partial charge in [0.2, 0.25) is 0 Å². The van der Waals surface area contributed by atoms with Gasteiger partial charge in [0.05, 0.1) is 14.2 Å². The number of hydrogen-bond acceptors (Lipinski definition) is 8. The molecule has 1 atom stereocenters. The lowest BCUT2D eigenvalue weighted by Crippen LogP contribution is -2.46. The number of phenolic OH excluding ortho intramolecular Hbond substituents is 3. The van der Waals surface area contributed by atoms with Crippen LogP contribution in [-0.2, 0) is 11.2 Å². The SMILES string of the molecule is CC(N)(Cc1ccc(O)c(O)c1)C(=O)O.COc1cc(O)c(C(=O)C=Cc2ccccc2)c(OC)c1. The molecule has 0 aromatic heterocycles. The Hall–Kier alpha value is -4.50. The van der Waals surface area contributed by atoms with Gasteiger partial charge in [-0.3, -0.25) is 9.59 Å². The summed E-state index contributed by atoms with van der Waals surface area (Å²) in [7, 11) is 2.91. The van der Waals surface area contributed by atoms with Crippen molar-refractivity contribution in [1.29, 1.82) is 0 Å². The van der Waals surface area contributed by atoms with Crippen LogP contribution in [0.4, 0.5) is 0 Å². The zero-order chi connectivity index (χ0) is 26.9. The summed E-state index contributed by atoms with van der Waals surface area (Å²) in [6.45, 7) is 1.39. The summed E-state index contributed by atoms with van der Waals surface area (Å²) in [5.41, 5.74) is 5.72. The second-order valence-corrected chi connectivity index (χ2v) is 8.05. The number of benzene rings is 3. The molecule has 0 aliphatic heterocycles. The zero-order valence-electron chi connectivity index (χ0n) is 20.1. The molecule has 36 heavy (non-hydrogen) atoms. The maximum Gasteiger partial charge on any atom is 0.323 e. The molecule has 0 saturated heterocycles. The highest BCUT2D eigenvalue weighted by Gasteiger charge is 2.28. The van der Waals surface area contributed by atoms with Crippen molar-refractivity contribution in [2.75, 3.05) is 14.2 Å². The lowest BCUT2D eigenvalue weighted by atomic mass is 9.94. The third-order valence-corrected chi connectivity index (χ3v) is 5.08. The molecule has 3 aromatic rings. The van der Waals surface area contributed by atoms with Crippen LogP contribution >= 0.6 is 0 Å². The first kappa shape index (κ1) is 27.7. The van der Waals surface area contributed by atoms with Crippen molar-refractivity contribution in [2.24, 2.45) is 5.73 Å². The predicted molar refractivity (Wildman–Crippen MR) is 135 cm³/mol. The number of carboxylic acids is 1. The maximum atomic E-state index is 12.3. The van der Waals surface area contributed by atoms with E-state index in [1.54, 1.807) is 12.1 Å². The van der Waals surface area contributed by atoms with Crippen molar-refractivity contribution in [3.8, 4) is 28.7 Å². The van der Waals surface area contributed by atoms with Gasteiger partial charge in [-0.1, -0.05) is 42.5 Å². The van der Waals surface area contributed by atoms with Gasteiger partial charge in [-0.25, -0.2) is 0 Å². The number of methoxy groups -OCH3 is 2. The molecule has 0 amide bonds. The minimum atomic E-state index is -1.39. The Morgan fingerprint density at radius 3 is 2.14 bits per heavy atom. The standard InChI is InChI=1S/C17H16O4.C10H13NO4/c1-20-13-10-15(19)17(16(11-13)21-2)14(18)9-8-12-6-4-3-5-7-12;1-10(11,9(14)15)5-6-2-3-7(12)8(13)4-6/h3-11,19H,1-2H3;2-4,12-13H,5,11H2,1H3,(H,14,15). The van der Waals surface area contributed by atoms with Gasteiger partial charge in [0, 0.05) is 18.6 Å². The molecule has 190 valence electrons. The summed E-state index contributed by atoms with van der Waals surface area (Å²) in [6, 6.07) is 16.5. The molecule has 0 aliphatic rings. The molecule has 0 fully saturated rings. The Bertz CT molecular complexity index is 1240. The number of carboxylic acid groups (broad SMARTS) is 1. The third kappa shape index (κ3) is 7.51. The van der Waals surface area contributed by atoms with E-state index in [4.69, 9.17) is 25.4 Å². The molecule has 0 aliphatic carbocycles. The Balaban J connectivity index is 0.000000269. The number of nitrogens with two attached hydrogens (primary N) is 1. The predicted octanol–water partition coefficient (Wildman–Crippen LogP) is 3.75. The number of carbonyl (C=O) groups is 2. The largest absolute Gasteiger partial charge is 0.507 e. The Morgan fingerprint density at radius 1 is 0.917 bits per heavy atom. The monoisotopic (exact) mass is 495 g/mol. The van der Waals surface area contributed by atoms with Crippen LogP contribution in [0.1, 0.15) is 28.4 Å². The Kier molecular flexibility index (Phi) is 9.46. The van der Waals surface area contributed by atoms with Crippen LogP contribution in [0, 0.1) is 0 Å². The van der Waals surface area contributed by atoms with Crippen LogP contribution in [0.15, 0.2) is 66.7 Å². The van der Waals surface area contributed by atoms with Crippen molar-refractivity contribution in [3.63, 3.8) is 0 Å². The number of ether oxygens (including phenoxy) is 2. The van der Waals surface area contributed by atoms with Crippen LogP contribution < -0.4 is 15.2 Å². The highest BCUT2D eigenvalue weighted by molar-refractivity contribution is 6.10. The summed E-state index contributed by atoms with van der Waals surface area (Å²) < 4.78 is 10.2. The van der Waals surface area contributed by atoms with Crippen LogP contribution in [0.5, 0.6) is 28.7 Å². The highest BCUT2D eigenvalue weighted by atomic mass is 16.5. The van der Waals surface area contributed by atoms with Crippen molar-refractivity contribution < 1.29 is 39.5 Å².